The summed E-state index contributed by atoms with van der Waals surface area (Å²) in [7, 11) is -0.818. The van der Waals surface area contributed by atoms with Gasteiger partial charge in [-0.2, -0.15) is 4.98 Å². The first-order valence-electron chi connectivity index (χ1n) is 5.10. The van der Waals surface area contributed by atoms with E-state index >= 15 is 0 Å². The highest BCUT2D eigenvalue weighted by molar-refractivity contribution is 7.84. The second-order valence-electron chi connectivity index (χ2n) is 3.56. The molecular formula is C9H16ClN5OS. The van der Waals surface area contributed by atoms with Gasteiger partial charge < -0.3 is 5.32 Å². The van der Waals surface area contributed by atoms with Crippen LogP contribution in [0.25, 0.3) is 0 Å². The van der Waals surface area contributed by atoms with Gasteiger partial charge >= 0.3 is 0 Å². The van der Waals surface area contributed by atoms with Crippen LogP contribution in [0.4, 0.5) is 11.8 Å². The van der Waals surface area contributed by atoms with E-state index in [1.165, 1.54) is 6.20 Å². The Bertz CT molecular complexity index is 403. The predicted octanol–water partition coefficient (Wildman–Crippen LogP) is 0.985. The van der Waals surface area contributed by atoms with Crippen molar-refractivity contribution in [1.82, 2.24) is 9.97 Å². The molecule has 0 saturated carbocycles. The molecule has 0 radical (unpaired) electrons. The van der Waals surface area contributed by atoms with E-state index in [0.29, 0.717) is 23.3 Å². The Morgan fingerprint density at radius 1 is 1.65 bits per heavy atom. The van der Waals surface area contributed by atoms with Crippen molar-refractivity contribution in [3.05, 3.63) is 11.2 Å². The smallest absolute Gasteiger partial charge is 0.239 e. The molecule has 0 spiro atoms. The maximum absolute atomic E-state index is 11.2. The summed E-state index contributed by atoms with van der Waals surface area (Å²) in [4.78, 5) is 7.93. The topological polar surface area (TPSA) is 92.9 Å². The van der Waals surface area contributed by atoms with Crippen LogP contribution in [0.2, 0.25) is 5.02 Å². The van der Waals surface area contributed by atoms with E-state index in [1.54, 1.807) is 6.26 Å². The molecule has 6 nitrogen and oxygen atoms in total. The molecule has 8 heteroatoms. The third-order valence-corrected chi connectivity index (χ3v) is 3.93. The lowest BCUT2D eigenvalue weighted by Gasteiger charge is -2.11. The van der Waals surface area contributed by atoms with Gasteiger partial charge in [0.1, 0.15) is 5.02 Å². The highest BCUT2D eigenvalue weighted by Crippen LogP contribution is 2.19. The Hall–Kier alpha value is -0.920. The van der Waals surface area contributed by atoms with Gasteiger partial charge in [0.25, 0.3) is 0 Å². The molecule has 0 bridgehead atoms. The number of hydrazine groups is 1. The molecule has 17 heavy (non-hydrogen) atoms. The SMILES string of the molecule is CC(CCNc1nc(NN)ncc1Cl)S(C)=O. The van der Waals surface area contributed by atoms with E-state index < -0.39 is 10.8 Å². The summed E-state index contributed by atoms with van der Waals surface area (Å²) in [5, 5.41) is 3.62. The monoisotopic (exact) mass is 277 g/mol. The summed E-state index contributed by atoms with van der Waals surface area (Å²) < 4.78 is 11.2. The van der Waals surface area contributed by atoms with Crippen LogP contribution in [-0.2, 0) is 10.8 Å². The molecule has 0 amide bonds. The lowest BCUT2D eigenvalue weighted by atomic mass is 10.3. The summed E-state index contributed by atoms with van der Waals surface area (Å²) in [6.45, 7) is 2.58. The van der Waals surface area contributed by atoms with Gasteiger partial charge in [-0.05, 0) is 6.42 Å². The fourth-order valence-electron chi connectivity index (χ4n) is 1.12. The van der Waals surface area contributed by atoms with E-state index in [-0.39, 0.29) is 5.25 Å². The van der Waals surface area contributed by atoms with Gasteiger partial charge in [0.2, 0.25) is 5.95 Å². The average Bonchev–Trinajstić information content (AvgIpc) is 2.31. The Kier molecular flexibility index (Phi) is 5.60. The van der Waals surface area contributed by atoms with Crippen molar-refractivity contribution in [3.63, 3.8) is 0 Å². The highest BCUT2D eigenvalue weighted by Gasteiger charge is 2.07. The average molecular weight is 278 g/mol. The van der Waals surface area contributed by atoms with Gasteiger partial charge in [0.05, 0.1) is 6.20 Å². The molecule has 0 saturated heterocycles. The van der Waals surface area contributed by atoms with Crippen molar-refractivity contribution in [1.29, 1.82) is 0 Å². The summed E-state index contributed by atoms with van der Waals surface area (Å²) in [5.74, 6) is 6.01. The van der Waals surface area contributed by atoms with Gasteiger partial charge in [-0.1, -0.05) is 18.5 Å². The second-order valence-corrected chi connectivity index (χ2v) is 5.77. The van der Waals surface area contributed by atoms with Crippen LogP contribution in [0, 0.1) is 0 Å². The second kappa shape index (κ2) is 6.73. The van der Waals surface area contributed by atoms with Crippen molar-refractivity contribution < 1.29 is 4.21 Å². The first-order valence-corrected chi connectivity index (χ1v) is 7.09. The maximum atomic E-state index is 11.2. The van der Waals surface area contributed by atoms with Crippen LogP contribution < -0.4 is 16.6 Å². The quantitative estimate of drug-likeness (QED) is 0.530. The lowest BCUT2D eigenvalue weighted by molar-refractivity contribution is 0.672. The van der Waals surface area contributed by atoms with Gasteiger partial charge in [-0.15, -0.1) is 0 Å². The zero-order valence-electron chi connectivity index (χ0n) is 9.74. The number of rotatable bonds is 6. The number of anilines is 2. The number of halogens is 1. The predicted molar refractivity (Wildman–Crippen MR) is 71.5 cm³/mol. The Morgan fingerprint density at radius 2 is 2.35 bits per heavy atom. The largest absolute Gasteiger partial charge is 0.369 e. The van der Waals surface area contributed by atoms with E-state index in [4.69, 9.17) is 17.4 Å². The third-order valence-electron chi connectivity index (χ3n) is 2.28. The molecule has 1 heterocycles. The fourth-order valence-corrected chi connectivity index (χ4v) is 1.73. The Balaban J connectivity index is 2.54. The number of nitrogens with two attached hydrogens (primary N) is 1. The van der Waals surface area contributed by atoms with Crippen molar-refractivity contribution in [2.24, 2.45) is 5.84 Å². The molecule has 0 aromatic carbocycles. The van der Waals surface area contributed by atoms with Gasteiger partial charge in [-0.25, -0.2) is 10.8 Å². The minimum absolute atomic E-state index is 0.134. The fraction of sp³-hybridized carbons (Fsp3) is 0.556. The van der Waals surface area contributed by atoms with Gasteiger partial charge in [0, 0.05) is 28.9 Å². The molecule has 0 aliphatic heterocycles. The number of nitrogens with zero attached hydrogens (tertiary/aromatic N) is 2. The molecule has 4 N–H and O–H groups in total. The molecule has 0 aliphatic rings. The zero-order chi connectivity index (χ0) is 12.8. The third kappa shape index (κ3) is 4.45. The Labute approximate surface area is 108 Å². The number of hydrogen-bond acceptors (Lipinski definition) is 6. The molecule has 1 rings (SSSR count). The Morgan fingerprint density at radius 3 is 2.94 bits per heavy atom. The number of nitrogens with one attached hydrogen (secondary N) is 2. The molecule has 0 aliphatic carbocycles. The maximum Gasteiger partial charge on any atom is 0.239 e. The van der Waals surface area contributed by atoms with E-state index in [9.17, 15) is 4.21 Å². The molecule has 0 fully saturated rings. The molecule has 1 aromatic rings. The highest BCUT2D eigenvalue weighted by atomic mass is 35.5. The summed E-state index contributed by atoms with van der Waals surface area (Å²) in [5.41, 5.74) is 2.34. The zero-order valence-corrected chi connectivity index (χ0v) is 11.3. The van der Waals surface area contributed by atoms with Crippen LogP contribution in [0.5, 0.6) is 0 Å². The van der Waals surface area contributed by atoms with Crippen molar-refractivity contribution in [2.75, 3.05) is 23.5 Å². The van der Waals surface area contributed by atoms with Crippen LogP contribution >= 0.6 is 11.6 Å². The molecule has 96 valence electrons. The number of hydrogen-bond donors (Lipinski definition) is 3. The van der Waals surface area contributed by atoms with Gasteiger partial charge in [0.15, 0.2) is 5.82 Å². The van der Waals surface area contributed by atoms with Crippen LogP contribution in [0.1, 0.15) is 13.3 Å². The molecule has 2 atom stereocenters. The number of nitrogen functional groups attached to an aromatic ring is 1. The molecule has 2 unspecified atom stereocenters. The van der Waals surface area contributed by atoms with Crippen molar-refractivity contribution >= 4 is 34.2 Å². The standard InChI is InChI=1S/C9H16ClN5OS/c1-6(17(2)16)3-4-12-8-7(10)5-13-9(14-8)15-11/h5-6H,3-4,11H2,1-2H3,(H2,12,13,14,15). The minimum atomic E-state index is -0.818. The van der Waals surface area contributed by atoms with Crippen LogP contribution in [0.15, 0.2) is 6.20 Å². The van der Waals surface area contributed by atoms with Crippen molar-refractivity contribution in [3.8, 4) is 0 Å². The van der Waals surface area contributed by atoms with E-state index in [1.807, 2.05) is 6.92 Å². The first-order chi connectivity index (χ1) is 8.04. The van der Waals surface area contributed by atoms with Crippen LogP contribution in [-0.4, -0.2) is 32.2 Å². The van der Waals surface area contributed by atoms with E-state index in [0.717, 1.165) is 6.42 Å². The molecule has 1 aromatic heterocycles. The van der Waals surface area contributed by atoms with Gasteiger partial charge in [-0.3, -0.25) is 9.63 Å². The molecular weight excluding hydrogens is 262 g/mol. The summed E-state index contributed by atoms with van der Waals surface area (Å²) in [6, 6.07) is 0. The minimum Gasteiger partial charge on any atom is -0.369 e. The summed E-state index contributed by atoms with van der Waals surface area (Å²) in [6.07, 6.45) is 3.93. The normalized spacial score (nSPS) is 14.1. The van der Waals surface area contributed by atoms with Crippen LogP contribution in [0.3, 0.4) is 0 Å². The summed E-state index contributed by atoms with van der Waals surface area (Å²) >= 11 is 5.91. The first kappa shape index (κ1) is 14.1. The van der Waals surface area contributed by atoms with E-state index in [2.05, 4.69) is 20.7 Å². The van der Waals surface area contributed by atoms with Crippen molar-refractivity contribution in [2.45, 2.75) is 18.6 Å². The number of aromatic nitrogens is 2. The lowest BCUT2D eigenvalue weighted by Crippen LogP contribution is -2.16.